The van der Waals surface area contributed by atoms with E-state index in [0.717, 1.165) is 6.54 Å². The Kier molecular flexibility index (Phi) is 4.06. The zero-order valence-corrected chi connectivity index (χ0v) is 13.5. The van der Waals surface area contributed by atoms with Crippen LogP contribution in [0.25, 0.3) is 10.4 Å². The first kappa shape index (κ1) is 13.3. The van der Waals surface area contributed by atoms with Crippen LogP contribution in [-0.2, 0) is 6.42 Å². The van der Waals surface area contributed by atoms with Crippen LogP contribution in [0.3, 0.4) is 0 Å². The minimum absolute atomic E-state index is 0.566. The lowest BCUT2D eigenvalue weighted by Gasteiger charge is -2.13. The standard InChI is InChI=1S/C16H18BrNS/c1-2-8-18-15-6-4-11-10-12(3-5-13(11)15)16-14(17)7-9-19-16/h3,5,7,9-10,15,18H,2,4,6,8H2,1H3. The van der Waals surface area contributed by atoms with Crippen molar-refractivity contribution in [2.45, 2.75) is 32.2 Å². The first-order valence-electron chi connectivity index (χ1n) is 6.89. The van der Waals surface area contributed by atoms with Crippen molar-refractivity contribution in [2.75, 3.05) is 6.54 Å². The van der Waals surface area contributed by atoms with Crippen molar-refractivity contribution in [1.29, 1.82) is 0 Å². The second kappa shape index (κ2) is 5.78. The fraction of sp³-hybridized carbons (Fsp3) is 0.375. The van der Waals surface area contributed by atoms with Crippen LogP contribution < -0.4 is 5.32 Å². The van der Waals surface area contributed by atoms with Crippen LogP contribution in [0, 0.1) is 0 Å². The van der Waals surface area contributed by atoms with E-state index in [1.807, 2.05) is 0 Å². The molecule has 0 fully saturated rings. The number of fused-ring (bicyclic) bond motifs is 1. The molecule has 1 nitrogen and oxygen atoms in total. The minimum atomic E-state index is 0.566. The van der Waals surface area contributed by atoms with Gasteiger partial charge in [-0.25, -0.2) is 0 Å². The van der Waals surface area contributed by atoms with E-state index in [9.17, 15) is 0 Å². The fourth-order valence-electron chi connectivity index (χ4n) is 2.79. The summed E-state index contributed by atoms with van der Waals surface area (Å²) in [5.41, 5.74) is 4.37. The van der Waals surface area contributed by atoms with Crippen molar-refractivity contribution in [3.8, 4) is 10.4 Å². The average molecular weight is 336 g/mol. The van der Waals surface area contributed by atoms with Crippen molar-refractivity contribution in [3.05, 3.63) is 45.2 Å². The van der Waals surface area contributed by atoms with Gasteiger partial charge in [-0.15, -0.1) is 11.3 Å². The van der Waals surface area contributed by atoms with Crippen LogP contribution in [0.1, 0.15) is 36.9 Å². The molecule has 0 radical (unpaired) electrons. The van der Waals surface area contributed by atoms with Gasteiger partial charge in [-0.3, -0.25) is 0 Å². The lowest BCUT2D eigenvalue weighted by Crippen LogP contribution is -2.19. The van der Waals surface area contributed by atoms with Gasteiger partial charge in [0.1, 0.15) is 0 Å². The molecular formula is C16H18BrNS. The molecule has 19 heavy (non-hydrogen) atoms. The zero-order valence-electron chi connectivity index (χ0n) is 11.1. The van der Waals surface area contributed by atoms with Gasteiger partial charge in [0, 0.05) is 15.4 Å². The van der Waals surface area contributed by atoms with Gasteiger partial charge < -0.3 is 5.32 Å². The molecule has 0 amide bonds. The molecule has 2 aromatic rings. The first-order valence-corrected chi connectivity index (χ1v) is 8.56. The summed E-state index contributed by atoms with van der Waals surface area (Å²) in [6, 6.07) is 9.65. The first-order chi connectivity index (χ1) is 9.29. The highest BCUT2D eigenvalue weighted by atomic mass is 79.9. The molecule has 0 saturated heterocycles. The van der Waals surface area contributed by atoms with E-state index in [1.165, 1.54) is 45.3 Å². The molecule has 0 aliphatic heterocycles. The summed E-state index contributed by atoms with van der Waals surface area (Å²) in [6.07, 6.45) is 3.64. The van der Waals surface area contributed by atoms with Gasteiger partial charge in [-0.2, -0.15) is 0 Å². The minimum Gasteiger partial charge on any atom is -0.310 e. The molecule has 3 rings (SSSR count). The summed E-state index contributed by atoms with van der Waals surface area (Å²) in [5.74, 6) is 0. The Morgan fingerprint density at radius 2 is 2.26 bits per heavy atom. The highest BCUT2D eigenvalue weighted by Gasteiger charge is 2.22. The Morgan fingerprint density at radius 1 is 1.37 bits per heavy atom. The van der Waals surface area contributed by atoms with Gasteiger partial charge in [0.25, 0.3) is 0 Å². The van der Waals surface area contributed by atoms with E-state index >= 15 is 0 Å². The Labute approximate surface area is 127 Å². The number of hydrogen-bond donors (Lipinski definition) is 1. The Hall–Kier alpha value is -0.640. The second-order valence-corrected chi connectivity index (χ2v) is 6.83. The Morgan fingerprint density at radius 3 is 3.00 bits per heavy atom. The molecule has 0 bridgehead atoms. The number of hydrogen-bond acceptors (Lipinski definition) is 2. The van der Waals surface area contributed by atoms with Crippen molar-refractivity contribution < 1.29 is 0 Å². The van der Waals surface area contributed by atoms with Gasteiger partial charge in [0.15, 0.2) is 0 Å². The summed E-state index contributed by atoms with van der Waals surface area (Å²) < 4.78 is 1.20. The predicted octanol–water partition coefficient (Wildman–Crippen LogP) is 5.16. The molecule has 1 heterocycles. The zero-order chi connectivity index (χ0) is 13.2. The van der Waals surface area contributed by atoms with Crippen molar-refractivity contribution >= 4 is 27.3 Å². The molecule has 3 heteroatoms. The Balaban J connectivity index is 1.88. The van der Waals surface area contributed by atoms with E-state index in [0.29, 0.717) is 6.04 Å². The van der Waals surface area contributed by atoms with Crippen LogP contribution >= 0.6 is 27.3 Å². The van der Waals surface area contributed by atoms with Gasteiger partial charge in [0.2, 0.25) is 0 Å². The van der Waals surface area contributed by atoms with Crippen LogP contribution in [0.4, 0.5) is 0 Å². The highest BCUT2D eigenvalue weighted by Crippen LogP contribution is 2.38. The van der Waals surface area contributed by atoms with Gasteiger partial charge in [0.05, 0.1) is 0 Å². The molecule has 1 atom stereocenters. The monoisotopic (exact) mass is 335 g/mol. The molecule has 1 aromatic carbocycles. The SMILES string of the molecule is CCCNC1CCc2cc(-c3sccc3Br)ccc21. The quantitative estimate of drug-likeness (QED) is 0.813. The van der Waals surface area contributed by atoms with Crippen molar-refractivity contribution in [3.63, 3.8) is 0 Å². The number of nitrogens with one attached hydrogen (secondary N) is 1. The maximum Gasteiger partial charge on any atom is 0.0484 e. The largest absolute Gasteiger partial charge is 0.310 e. The van der Waals surface area contributed by atoms with E-state index in [4.69, 9.17) is 0 Å². The van der Waals surface area contributed by atoms with Crippen LogP contribution in [0.5, 0.6) is 0 Å². The molecule has 1 N–H and O–H groups in total. The number of thiophene rings is 1. The molecular weight excluding hydrogens is 318 g/mol. The molecule has 1 aliphatic carbocycles. The summed E-state index contributed by atoms with van der Waals surface area (Å²) in [7, 11) is 0. The number of halogens is 1. The van der Waals surface area contributed by atoms with Crippen LogP contribution in [-0.4, -0.2) is 6.54 Å². The third-order valence-corrected chi connectivity index (χ3v) is 5.63. The third-order valence-electron chi connectivity index (χ3n) is 3.74. The summed E-state index contributed by atoms with van der Waals surface area (Å²) in [5, 5.41) is 5.78. The maximum atomic E-state index is 3.65. The predicted molar refractivity (Wildman–Crippen MR) is 86.8 cm³/mol. The van der Waals surface area contributed by atoms with Crippen LogP contribution in [0.2, 0.25) is 0 Å². The van der Waals surface area contributed by atoms with Gasteiger partial charge >= 0.3 is 0 Å². The lowest BCUT2D eigenvalue weighted by molar-refractivity contribution is 0.529. The molecule has 0 spiro atoms. The van der Waals surface area contributed by atoms with Gasteiger partial charge in [-0.05, 0) is 75.9 Å². The smallest absolute Gasteiger partial charge is 0.0484 e. The van der Waals surface area contributed by atoms with Crippen LogP contribution in [0.15, 0.2) is 34.1 Å². The summed E-state index contributed by atoms with van der Waals surface area (Å²) >= 11 is 5.43. The lowest BCUT2D eigenvalue weighted by atomic mass is 10.0. The average Bonchev–Trinajstić information content (AvgIpc) is 3.02. The normalized spacial score (nSPS) is 17.7. The molecule has 1 unspecified atom stereocenters. The maximum absolute atomic E-state index is 3.65. The number of aryl methyl sites for hydroxylation is 1. The van der Waals surface area contributed by atoms with Crippen molar-refractivity contribution in [1.82, 2.24) is 5.32 Å². The van der Waals surface area contributed by atoms with Gasteiger partial charge in [-0.1, -0.05) is 19.1 Å². The fourth-order valence-corrected chi connectivity index (χ4v) is 4.39. The molecule has 0 saturated carbocycles. The second-order valence-electron chi connectivity index (χ2n) is 5.06. The molecule has 100 valence electrons. The van der Waals surface area contributed by atoms with E-state index in [-0.39, 0.29) is 0 Å². The number of rotatable bonds is 4. The Bertz CT molecular complexity index is 576. The summed E-state index contributed by atoms with van der Waals surface area (Å²) in [4.78, 5) is 1.34. The third kappa shape index (κ3) is 2.64. The molecule has 1 aliphatic rings. The van der Waals surface area contributed by atoms with E-state index < -0.39 is 0 Å². The van der Waals surface area contributed by atoms with E-state index in [1.54, 1.807) is 11.3 Å². The van der Waals surface area contributed by atoms with E-state index in [2.05, 4.69) is 57.8 Å². The van der Waals surface area contributed by atoms with Crippen molar-refractivity contribution in [2.24, 2.45) is 0 Å². The topological polar surface area (TPSA) is 12.0 Å². The number of benzene rings is 1. The molecule has 1 aromatic heterocycles. The summed E-state index contributed by atoms with van der Waals surface area (Å²) in [6.45, 7) is 3.34. The highest BCUT2D eigenvalue weighted by molar-refractivity contribution is 9.10.